The minimum atomic E-state index is -0.798. The number of carbonyl (C=O) groups is 1. The summed E-state index contributed by atoms with van der Waals surface area (Å²) in [5, 5.41) is 22.0. The van der Waals surface area contributed by atoms with E-state index in [2.05, 4.69) is 5.32 Å². The zero-order valence-electron chi connectivity index (χ0n) is 9.49. The first-order chi connectivity index (χ1) is 6.94. The van der Waals surface area contributed by atoms with Crippen LogP contribution in [0.2, 0.25) is 0 Å². The van der Waals surface area contributed by atoms with Crippen LogP contribution in [0.25, 0.3) is 0 Å². The summed E-state index contributed by atoms with van der Waals surface area (Å²) in [6.45, 7) is 4.03. The lowest BCUT2D eigenvalue weighted by Gasteiger charge is -2.26. The third-order valence-corrected chi connectivity index (χ3v) is 3.43. The highest BCUT2D eigenvalue weighted by atomic mass is 16.4. The first-order valence-corrected chi connectivity index (χ1v) is 5.63. The second-order valence-electron chi connectivity index (χ2n) is 4.73. The summed E-state index contributed by atoms with van der Waals surface area (Å²) in [6, 6.07) is -0.105. The Kier molecular flexibility index (Phi) is 4.11. The maximum Gasteiger partial charge on any atom is 0.307 e. The van der Waals surface area contributed by atoms with E-state index in [9.17, 15) is 9.90 Å². The first-order valence-electron chi connectivity index (χ1n) is 5.63. The highest BCUT2D eigenvalue weighted by Gasteiger charge is 2.32. The van der Waals surface area contributed by atoms with E-state index in [1.807, 2.05) is 6.92 Å². The topological polar surface area (TPSA) is 69.6 Å². The Morgan fingerprint density at radius 1 is 1.40 bits per heavy atom. The molecule has 0 radical (unpaired) electrons. The van der Waals surface area contributed by atoms with Crippen molar-refractivity contribution in [1.82, 2.24) is 5.32 Å². The van der Waals surface area contributed by atoms with E-state index in [1.165, 1.54) is 0 Å². The van der Waals surface area contributed by atoms with Crippen LogP contribution < -0.4 is 5.32 Å². The molecule has 88 valence electrons. The minimum Gasteiger partial charge on any atom is -0.481 e. The quantitative estimate of drug-likeness (QED) is 0.639. The van der Waals surface area contributed by atoms with Gasteiger partial charge in [0.15, 0.2) is 0 Å². The van der Waals surface area contributed by atoms with Crippen molar-refractivity contribution in [2.24, 2.45) is 5.92 Å². The van der Waals surface area contributed by atoms with Gasteiger partial charge in [-0.3, -0.25) is 4.79 Å². The third kappa shape index (κ3) is 3.47. The molecule has 4 heteroatoms. The van der Waals surface area contributed by atoms with Gasteiger partial charge in [0.1, 0.15) is 0 Å². The number of aliphatic hydroxyl groups is 1. The van der Waals surface area contributed by atoms with Crippen molar-refractivity contribution in [3.63, 3.8) is 0 Å². The predicted octanol–water partition coefficient (Wildman–Crippen LogP) is 0.990. The predicted molar refractivity (Wildman–Crippen MR) is 57.7 cm³/mol. The largest absolute Gasteiger partial charge is 0.481 e. The highest BCUT2D eigenvalue weighted by Crippen LogP contribution is 2.28. The van der Waals surface area contributed by atoms with Crippen LogP contribution in [0.1, 0.15) is 39.5 Å². The molecule has 0 aliphatic heterocycles. The van der Waals surface area contributed by atoms with Crippen molar-refractivity contribution in [3.8, 4) is 0 Å². The average molecular weight is 215 g/mol. The van der Waals surface area contributed by atoms with Crippen LogP contribution in [0, 0.1) is 5.92 Å². The van der Waals surface area contributed by atoms with Crippen molar-refractivity contribution in [3.05, 3.63) is 0 Å². The van der Waals surface area contributed by atoms with Crippen LogP contribution in [0.4, 0.5) is 0 Å². The smallest absolute Gasteiger partial charge is 0.307 e. The Morgan fingerprint density at radius 3 is 2.40 bits per heavy atom. The van der Waals surface area contributed by atoms with E-state index >= 15 is 0 Å². The Labute approximate surface area is 90.7 Å². The fourth-order valence-corrected chi connectivity index (χ4v) is 1.95. The van der Waals surface area contributed by atoms with Crippen molar-refractivity contribution in [2.45, 2.75) is 51.2 Å². The summed E-state index contributed by atoms with van der Waals surface area (Å²) >= 11 is 0. The van der Waals surface area contributed by atoms with Crippen LogP contribution in [0.15, 0.2) is 0 Å². The van der Waals surface area contributed by atoms with Crippen LogP contribution in [0.3, 0.4) is 0 Å². The van der Waals surface area contributed by atoms with Gasteiger partial charge in [0, 0.05) is 12.6 Å². The normalized spacial score (nSPS) is 23.7. The molecule has 15 heavy (non-hydrogen) atoms. The zero-order chi connectivity index (χ0) is 11.5. The molecule has 1 aliphatic carbocycles. The number of aliphatic carboxylic acids is 1. The zero-order valence-corrected chi connectivity index (χ0v) is 9.49. The molecule has 1 saturated carbocycles. The average Bonchev–Trinajstić information content (AvgIpc) is 2.61. The monoisotopic (exact) mass is 215 g/mol. The Morgan fingerprint density at radius 2 is 1.93 bits per heavy atom. The molecule has 2 atom stereocenters. The van der Waals surface area contributed by atoms with Crippen molar-refractivity contribution >= 4 is 5.97 Å². The van der Waals surface area contributed by atoms with Crippen LogP contribution in [-0.2, 0) is 4.79 Å². The highest BCUT2D eigenvalue weighted by molar-refractivity contribution is 5.70. The molecule has 3 N–H and O–H groups in total. The molecular weight excluding hydrogens is 194 g/mol. The van der Waals surface area contributed by atoms with E-state index in [4.69, 9.17) is 5.11 Å². The van der Waals surface area contributed by atoms with E-state index in [0.717, 1.165) is 25.7 Å². The standard InChI is InChI=1S/C11H21NO3/c1-8(10(13)14)9(2)12-7-11(15)5-3-4-6-11/h8-9,12,15H,3-7H2,1-2H3,(H,13,14). The summed E-state index contributed by atoms with van der Waals surface area (Å²) in [4.78, 5) is 10.7. The molecule has 2 unspecified atom stereocenters. The summed E-state index contributed by atoms with van der Waals surface area (Å²) < 4.78 is 0. The second-order valence-corrected chi connectivity index (χ2v) is 4.73. The molecule has 0 aromatic rings. The molecule has 1 rings (SSSR count). The van der Waals surface area contributed by atoms with Gasteiger partial charge in [-0.25, -0.2) is 0 Å². The SMILES string of the molecule is CC(NCC1(O)CCCC1)C(C)C(=O)O. The van der Waals surface area contributed by atoms with Crippen LogP contribution in [-0.4, -0.2) is 34.4 Å². The van der Waals surface area contributed by atoms with Crippen molar-refractivity contribution in [1.29, 1.82) is 0 Å². The van der Waals surface area contributed by atoms with Gasteiger partial charge in [-0.1, -0.05) is 19.8 Å². The Hall–Kier alpha value is -0.610. The number of carboxylic acid groups (broad SMARTS) is 1. The number of carboxylic acids is 1. The fourth-order valence-electron chi connectivity index (χ4n) is 1.95. The van der Waals surface area contributed by atoms with Crippen molar-refractivity contribution < 1.29 is 15.0 Å². The molecular formula is C11H21NO3. The Bertz CT molecular complexity index is 224. The van der Waals surface area contributed by atoms with Gasteiger partial charge in [0.05, 0.1) is 11.5 Å². The minimum absolute atomic E-state index is 0.105. The van der Waals surface area contributed by atoms with Gasteiger partial charge in [0.2, 0.25) is 0 Å². The molecule has 0 saturated heterocycles. The van der Waals surface area contributed by atoms with Gasteiger partial charge in [-0.15, -0.1) is 0 Å². The van der Waals surface area contributed by atoms with Gasteiger partial charge in [-0.05, 0) is 19.8 Å². The van der Waals surface area contributed by atoms with E-state index in [0.29, 0.717) is 6.54 Å². The molecule has 4 nitrogen and oxygen atoms in total. The summed E-state index contributed by atoms with van der Waals surface area (Å²) in [7, 11) is 0. The number of nitrogens with one attached hydrogen (secondary N) is 1. The summed E-state index contributed by atoms with van der Waals surface area (Å²) in [6.07, 6.45) is 3.80. The third-order valence-electron chi connectivity index (χ3n) is 3.43. The van der Waals surface area contributed by atoms with E-state index < -0.39 is 17.5 Å². The van der Waals surface area contributed by atoms with Crippen LogP contribution >= 0.6 is 0 Å². The van der Waals surface area contributed by atoms with E-state index in [-0.39, 0.29) is 6.04 Å². The van der Waals surface area contributed by atoms with Crippen molar-refractivity contribution in [2.75, 3.05) is 6.54 Å². The number of hydrogen-bond acceptors (Lipinski definition) is 3. The number of rotatable bonds is 5. The second kappa shape index (κ2) is 4.94. The first kappa shape index (κ1) is 12.5. The lowest BCUT2D eigenvalue weighted by Crippen LogP contribution is -2.45. The molecule has 0 aromatic heterocycles. The van der Waals surface area contributed by atoms with Gasteiger partial charge in [0.25, 0.3) is 0 Å². The summed E-state index contributed by atoms with van der Waals surface area (Å²) in [5.74, 6) is -1.22. The molecule has 0 heterocycles. The maximum atomic E-state index is 10.7. The van der Waals surface area contributed by atoms with Gasteiger partial charge < -0.3 is 15.5 Å². The van der Waals surface area contributed by atoms with Gasteiger partial charge >= 0.3 is 5.97 Å². The molecule has 0 spiro atoms. The fraction of sp³-hybridized carbons (Fsp3) is 0.909. The lowest BCUT2D eigenvalue weighted by molar-refractivity contribution is -0.142. The van der Waals surface area contributed by atoms with Gasteiger partial charge in [-0.2, -0.15) is 0 Å². The molecule has 0 bridgehead atoms. The molecule has 1 fully saturated rings. The van der Waals surface area contributed by atoms with E-state index in [1.54, 1.807) is 6.92 Å². The number of hydrogen-bond donors (Lipinski definition) is 3. The maximum absolute atomic E-state index is 10.7. The lowest BCUT2D eigenvalue weighted by atomic mass is 9.99. The Balaban J connectivity index is 2.33. The van der Waals surface area contributed by atoms with Crippen LogP contribution in [0.5, 0.6) is 0 Å². The molecule has 1 aliphatic rings. The molecule has 0 amide bonds. The summed E-state index contributed by atoms with van der Waals surface area (Å²) in [5.41, 5.74) is -0.605. The molecule has 0 aromatic carbocycles.